The Bertz CT molecular complexity index is 1310. The Morgan fingerprint density at radius 1 is 1.20 bits per heavy atom. The van der Waals surface area contributed by atoms with E-state index in [9.17, 15) is 0 Å². The van der Waals surface area contributed by atoms with Crippen molar-refractivity contribution in [2.45, 2.75) is 51.0 Å². The first kappa shape index (κ1) is 22.6. The maximum atomic E-state index is 5.59. The van der Waals surface area contributed by atoms with Crippen molar-refractivity contribution < 1.29 is 9.47 Å². The van der Waals surface area contributed by atoms with Gasteiger partial charge < -0.3 is 9.47 Å². The van der Waals surface area contributed by atoms with Gasteiger partial charge >= 0.3 is 0 Å². The molecule has 2 saturated heterocycles. The quantitative estimate of drug-likeness (QED) is 0.427. The molecule has 2 fully saturated rings. The molecule has 1 N–H and O–H groups in total. The van der Waals surface area contributed by atoms with Crippen LogP contribution in [0.5, 0.6) is 5.75 Å². The Labute approximate surface area is 208 Å². The molecule has 0 aliphatic carbocycles. The molecule has 9 nitrogen and oxygen atoms in total. The minimum Gasteiger partial charge on any atom is -0.493 e. The predicted molar refractivity (Wildman–Crippen MR) is 135 cm³/mol. The highest BCUT2D eigenvalue weighted by molar-refractivity contribution is 7.15. The molecule has 0 radical (unpaired) electrons. The van der Waals surface area contributed by atoms with Gasteiger partial charge in [-0.25, -0.2) is 14.5 Å². The zero-order valence-corrected chi connectivity index (χ0v) is 21.2. The molecule has 2 aliphatic heterocycles. The zero-order chi connectivity index (χ0) is 23.9. The van der Waals surface area contributed by atoms with Crippen molar-refractivity contribution in [3.63, 3.8) is 0 Å². The summed E-state index contributed by atoms with van der Waals surface area (Å²) in [5.74, 6) is 1.51. The molecule has 0 spiro atoms. The third-order valence-electron chi connectivity index (χ3n) is 7.31. The van der Waals surface area contributed by atoms with Crippen LogP contribution in [0, 0.1) is 0 Å². The van der Waals surface area contributed by atoms with E-state index in [1.54, 1.807) is 23.0 Å². The molecule has 1 atom stereocenters. The zero-order valence-electron chi connectivity index (χ0n) is 20.4. The number of aromatic amines is 1. The van der Waals surface area contributed by atoms with Crippen LogP contribution in [0.1, 0.15) is 55.4 Å². The van der Waals surface area contributed by atoms with E-state index in [0.29, 0.717) is 23.4 Å². The summed E-state index contributed by atoms with van der Waals surface area (Å²) in [4.78, 5) is 13.1. The monoisotopic (exact) mass is 493 g/mol. The second kappa shape index (κ2) is 9.33. The van der Waals surface area contributed by atoms with Crippen molar-refractivity contribution in [1.82, 2.24) is 34.7 Å². The topological polar surface area (TPSA) is 93.5 Å². The van der Waals surface area contributed by atoms with Crippen LogP contribution in [0.15, 0.2) is 24.8 Å². The van der Waals surface area contributed by atoms with E-state index < -0.39 is 0 Å². The highest BCUT2D eigenvalue weighted by atomic mass is 32.1. The first-order chi connectivity index (χ1) is 17.1. The number of ether oxygens (including phenoxy) is 2. The second-order valence-corrected chi connectivity index (χ2v) is 10.8. The van der Waals surface area contributed by atoms with E-state index in [2.05, 4.69) is 40.1 Å². The minimum absolute atomic E-state index is 0.264. The van der Waals surface area contributed by atoms with E-state index in [1.807, 2.05) is 12.3 Å². The number of hydrogen-bond acceptors (Lipinski definition) is 8. The highest BCUT2D eigenvalue weighted by Gasteiger charge is 2.30. The van der Waals surface area contributed by atoms with Crippen LogP contribution in [0.2, 0.25) is 0 Å². The average Bonchev–Trinajstić information content (AvgIpc) is 3.68. The van der Waals surface area contributed by atoms with Crippen LogP contribution < -0.4 is 4.74 Å². The Kier molecular flexibility index (Phi) is 6.03. The second-order valence-electron chi connectivity index (χ2n) is 9.74. The number of nitrogens with zero attached hydrogens (tertiary/aromatic N) is 6. The maximum Gasteiger partial charge on any atom is 0.197 e. The third kappa shape index (κ3) is 4.13. The largest absolute Gasteiger partial charge is 0.493 e. The van der Waals surface area contributed by atoms with Crippen molar-refractivity contribution in [3.8, 4) is 27.7 Å². The van der Waals surface area contributed by atoms with Crippen molar-refractivity contribution in [3.05, 3.63) is 35.2 Å². The van der Waals surface area contributed by atoms with Gasteiger partial charge in [0, 0.05) is 41.0 Å². The molecule has 4 aromatic heterocycles. The van der Waals surface area contributed by atoms with Gasteiger partial charge in [-0.3, -0.25) is 10.00 Å². The summed E-state index contributed by atoms with van der Waals surface area (Å²) in [6, 6.07) is 2.60. The van der Waals surface area contributed by atoms with Crippen LogP contribution in [0.3, 0.4) is 0 Å². The van der Waals surface area contributed by atoms with Gasteiger partial charge in [-0.1, -0.05) is 13.8 Å². The van der Waals surface area contributed by atoms with Gasteiger partial charge in [-0.2, -0.15) is 10.2 Å². The molecule has 1 unspecified atom stereocenters. The van der Waals surface area contributed by atoms with Crippen LogP contribution >= 0.6 is 11.3 Å². The fraction of sp³-hybridized carbons (Fsp3) is 0.520. The lowest BCUT2D eigenvalue weighted by Gasteiger charge is -2.34. The van der Waals surface area contributed by atoms with Crippen LogP contribution in [-0.4, -0.2) is 74.1 Å². The van der Waals surface area contributed by atoms with Gasteiger partial charge in [0.2, 0.25) is 0 Å². The fourth-order valence-corrected chi connectivity index (χ4v) is 6.51. The molecule has 184 valence electrons. The standard InChI is InChI=1S/C25H31N7O2S/c1-15(2)21-22(17-10-19(33-3)24-27-14-28-32(24)12-17)29-30-23(21)25-26-11-20(35-25)16-4-7-31(8-5-16)18-6-9-34-13-18/h10-12,14-16,18H,4-9,13H2,1-3H3,(H,29,30). The normalized spacial score (nSPS) is 19.8. The van der Waals surface area contributed by atoms with E-state index in [4.69, 9.17) is 19.6 Å². The van der Waals surface area contributed by atoms with E-state index in [-0.39, 0.29) is 5.92 Å². The Morgan fingerprint density at radius 3 is 2.80 bits per heavy atom. The first-order valence-corrected chi connectivity index (χ1v) is 13.2. The molecular weight excluding hydrogens is 462 g/mol. The Morgan fingerprint density at radius 2 is 2.06 bits per heavy atom. The van der Waals surface area contributed by atoms with Gasteiger partial charge in [0.05, 0.1) is 19.4 Å². The lowest BCUT2D eigenvalue weighted by Crippen LogP contribution is -2.41. The van der Waals surface area contributed by atoms with Crippen LogP contribution in [0.25, 0.3) is 27.6 Å². The van der Waals surface area contributed by atoms with Crippen molar-refractivity contribution in [2.75, 3.05) is 33.4 Å². The Hall–Kier alpha value is -2.82. The Balaban J connectivity index is 1.27. The fourth-order valence-electron chi connectivity index (χ4n) is 5.42. The minimum atomic E-state index is 0.264. The number of nitrogens with one attached hydrogen (secondary N) is 1. The van der Waals surface area contributed by atoms with E-state index in [0.717, 1.165) is 53.8 Å². The number of methoxy groups -OCH3 is 1. The number of likely N-dealkylation sites (tertiary alicyclic amines) is 1. The summed E-state index contributed by atoms with van der Waals surface area (Å²) >= 11 is 1.79. The lowest BCUT2D eigenvalue weighted by molar-refractivity contribution is 0.122. The predicted octanol–water partition coefficient (Wildman–Crippen LogP) is 4.34. The summed E-state index contributed by atoms with van der Waals surface area (Å²) < 4.78 is 12.9. The number of rotatable bonds is 6. The maximum absolute atomic E-state index is 5.59. The van der Waals surface area contributed by atoms with Gasteiger partial charge in [0.25, 0.3) is 0 Å². The summed E-state index contributed by atoms with van der Waals surface area (Å²) in [7, 11) is 1.65. The molecule has 0 saturated carbocycles. The van der Waals surface area contributed by atoms with Crippen LogP contribution in [-0.2, 0) is 4.74 Å². The molecule has 2 aliphatic rings. The van der Waals surface area contributed by atoms with Crippen molar-refractivity contribution >= 4 is 17.0 Å². The summed E-state index contributed by atoms with van der Waals surface area (Å²) in [6.07, 6.45) is 9.10. The molecule has 4 aromatic rings. The summed E-state index contributed by atoms with van der Waals surface area (Å²) in [5, 5.41) is 13.3. The van der Waals surface area contributed by atoms with Crippen LogP contribution in [0.4, 0.5) is 0 Å². The lowest BCUT2D eigenvalue weighted by atomic mass is 9.94. The number of piperidine rings is 1. The molecule has 0 amide bonds. The van der Waals surface area contributed by atoms with Gasteiger partial charge in [0.15, 0.2) is 11.4 Å². The van der Waals surface area contributed by atoms with E-state index >= 15 is 0 Å². The summed E-state index contributed by atoms with van der Waals surface area (Å²) in [5.41, 5.74) is 4.71. The number of fused-ring (bicyclic) bond motifs is 1. The molecule has 10 heteroatoms. The number of aromatic nitrogens is 6. The van der Waals surface area contributed by atoms with Crippen molar-refractivity contribution in [1.29, 1.82) is 0 Å². The van der Waals surface area contributed by atoms with Gasteiger partial charge in [-0.15, -0.1) is 11.3 Å². The summed E-state index contributed by atoms with van der Waals surface area (Å²) in [6.45, 7) is 8.47. The first-order valence-electron chi connectivity index (χ1n) is 12.4. The molecule has 6 rings (SSSR count). The van der Waals surface area contributed by atoms with Crippen molar-refractivity contribution in [2.24, 2.45) is 0 Å². The number of hydrogen-bond donors (Lipinski definition) is 1. The molecule has 35 heavy (non-hydrogen) atoms. The number of H-pyrrole nitrogens is 1. The number of pyridine rings is 1. The highest BCUT2D eigenvalue weighted by Crippen LogP contribution is 2.40. The third-order valence-corrected chi connectivity index (χ3v) is 8.48. The van der Waals surface area contributed by atoms with Gasteiger partial charge in [0.1, 0.15) is 17.0 Å². The average molecular weight is 494 g/mol. The molecular formula is C25H31N7O2S. The number of thiazole rings is 1. The van der Waals surface area contributed by atoms with Gasteiger partial charge in [-0.05, 0) is 50.3 Å². The van der Waals surface area contributed by atoms with E-state index in [1.165, 1.54) is 30.5 Å². The SMILES string of the molecule is COc1cc(-c2[nH]nc(-c3ncc(C4CCN(C5CCOC5)CC4)s3)c2C(C)C)cn2ncnc12. The smallest absolute Gasteiger partial charge is 0.197 e. The molecule has 0 aromatic carbocycles. The molecule has 6 heterocycles. The molecule has 0 bridgehead atoms.